The second-order valence-electron chi connectivity index (χ2n) is 4.96. The minimum atomic E-state index is -0.766. The lowest BCUT2D eigenvalue weighted by atomic mass is 10.1. The Hall–Kier alpha value is -1.93. The van der Waals surface area contributed by atoms with Crippen LogP contribution >= 0.6 is 0 Å². The third-order valence-corrected chi connectivity index (χ3v) is 3.37. The molecule has 0 saturated carbocycles. The van der Waals surface area contributed by atoms with Crippen molar-refractivity contribution in [3.8, 4) is 0 Å². The molecule has 2 heterocycles. The number of carbonyl (C=O) groups excluding carboxylic acids is 2. The molecule has 2 rings (SSSR count). The van der Waals surface area contributed by atoms with E-state index in [2.05, 4.69) is 10.4 Å². The molecule has 1 aliphatic rings. The predicted octanol–water partition coefficient (Wildman–Crippen LogP) is -1.21. The number of aromatic nitrogens is 2. The van der Waals surface area contributed by atoms with Crippen molar-refractivity contribution in [2.75, 3.05) is 32.8 Å². The highest BCUT2D eigenvalue weighted by molar-refractivity contribution is 5.83. The number of nitrogens with one attached hydrogen (secondary N) is 1. The van der Waals surface area contributed by atoms with Crippen molar-refractivity contribution in [1.29, 1.82) is 0 Å². The van der Waals surface area contributed by atoms with Crippen LogP contribution in [0.2, 0.25) is 0 Å². The van der Waals surface area contributed by atoms with Crippen molar-refractivity contribution in [3.63, 3.8) is 0 Å². The minimum absolute atomic E-state index is 0.0218. The fourth-order valence-electron chi connectivity index (χ4n) is 2.13. The van der Waals surface area contributed by atoms with E-state index in [1.165, 1.54) is 0 Å². The molecule has 21 heavy (non-hydrogen) atoms. The quantitative estimate of drug-likeness (QED) is 0.709. The summed E-state index contributed by atoms with van der Waals surface area (Å²) in [6.45, 7) is 2.65. The normalized spacial score (nSPS) is 16.6. The molecule has 0 spiro atoms. The van der Waals surface area contributed by atoms with Crippen LogP contribution in [0.15, 0.2) is 12.4 Å². The number of morpholine rings is 1. The van der Waals surface area contributed by atoms with Gasteiger partial charge in [-0.25, -0.2) is 0 Å². The molecular weight excluding hydrogens is 274 g/mol. The molecule has 0 bridgehead atoms. The van der Waals surface area contributed by atoms with Gasteiger partial charge in [0.25, 0.3) is 0 Å². The summed E-state index contributed by atoms with van der Waals surface area (Å²) < 4.78 is 6.77. The van der Waals surface area contributed by atoms with Gasteiger partial charge in [0.1, 0.15) is 6.04 Å². The van der Waals surface area contributed by atoms with E-state index < -0.39 is 6.04 Å². The highest BCUT2D eigenvalue weighted by Crippen LogP contribution is 2.08. The van der Waals surface area contributed by atoms with Gasteiger partial charge in [-0.1, -0.05) is 0 Å². The first-order chi connectivity index (χ1) is 10.1. The lowest BCUT2D eigenvalue weighted by Gasteiger charge is -2.26. The van der Waals surface area contributed by atoms with Crippen molar-refractivity contribution in [2.24, 2.45) is 12.8 Å². The van der Waals surface area contributed by atoms with Gasteiger partial charge in [0.2, 0.25) is 11.8 Å². The Morgan fingerprint density at radius 2 is 2.19 bits per heavy atom. The first kappa shape index (κ1) is 15.5. The highest BCUT2D eigenvalue weighted by Gasteiger charge is 2.19. The van der Waals surface area contributed by atoms with E-state index in [-0.39, 0.29) is 24.8 Å². The molecule has 0 radical (unpaired) electrons. The molecule has 1 aliphatic heterocycles. The lowest BCUT2D eigenvalue weighted by molar-refractivity contribution is -0.135. The second-order valence-corrected chi connectivity index (χ2v) is 4.96. The molecule has 2 amide bonds. The van der Waals surface area contributed by atoms with Crippen LogP contribution in [0, 0.1) is 0 Å². The number of carbonyl (C=O) groups is 2. The second kappa shape index (κ2) is 7.19. The number of hydrogen-bond donors (Lipinski definition) is 2. The Morgan fingerprint density at radius 3 is 2.81 bits per heavy atom. The van der Waals surface area contributed by atoms with E-state index in [9.17, 15) is 9.59 Å². The van der Waals surface area contributed by atoms with Gasteiger partial charge in [0, 0.05) is 44.9 Å². The van der Waals surface area contributed by atoms with Crippen molar-refractivity contribution < 1.29 is 14.3 Å². The number of amides is 2. The predicted molar refractivity (Wildman–Crippen MR) is 75.2 cm³/mol. The lowest BCUT2D eigenvalue weighted by Crippen LogP contribution is -2.42. The van der Waals surface area contributed by atoms with E-state index >= 15 is 0 Å². The van der Waals surface area contributed by atoms with Crippen LogP contribution in [0.3, 0.4) is 0 Å². The van der Waals surface area contributed by atoms with Crippen molar-refractivity contribution in [3.05, 3.63) is 18.0 Å². The third kappa shape index (κ3) is 4.27. The zero-order valence-electron chi connectivity index (χ0n) is 12.1. The first-order valence-electron chi connectivity index (χ1n) is 6.95. The summed E-state index contributed by atoms with van der Waals surface area (Å²) >= 11 is 0. The SMILES string of the molecule is Cn1cc(C(N)C(=O)NCCC(=O)N2CCOCC2)cn1. The largest absolute Gasteiger partial charge is 0.378 e. The van der Waals surface area contributed by atoms with Crippen molar-refractivity contribution >= 4 is 11.8 Å². The maximum absolute atomic E-state index is 11.9. The topological polar surface area (TPSA) is 102 Å². The molecule has 1 fully saturated rings. The van der Waals surface area contributed by atoms with Gasteiger partial charge in [-0.2, -0.15) is 5.10 Å². The van der Waals surface area contributed by atoms with E-state index in [4.69, 9.17) is 10.5 Å². The first-order valence-corrected chi connectivity index (χ1v) is 6.95. The summed E-state index contributed by atoms with van der Waals surface area (Å²) in [6, 6.07) is -0.766. The number of hydrogen-bond acceptors (Lipinski definition) is 5. The van der Waals surface area contributed by atoms with E-state index in [1.54, 1.807) is 29.0 Å². The smallest absolute Gasteiger partial charge is 0.241 e. The summed E-state index contributed by atoms with van der Waals surface area (Å²) in [5.74, 6) is -0.286. The summed E-state index contributed by atoms with van der Waals surface area (Å²) in [6.07, 6.45) is 3.53. The van der Waals surface area contributed by atoms with Crippen LogP contribution in [0.25, 0.3) is 0 Å². The number of ether oxygens (including phenoxy) is 1. The standard InChI is InChI=1S/C13H21N5O3/c1-17-9-10(8-16-17)12(14)13(20)15-3-2-11(19)18-4-6-21-7-5-18/h8-9,12H,2-7,14H2,1H3,(H,15,20). The molecule has 3 N–H and O–H groups in total. The zero-order chi connectivity index (χ0) is 15.2. The average Bonchev–Trinajstić information content (AvgIpc) is 2.93. The van der Waals surface area contributed by atoms with Gasteiger partial charge >= 0.3 is 0 Å². The maximum atomic E-state index is 11.9. The molecule has 1 saturated heterocycles. The Kier molecular flexibility index (Phi) is 5.29. The van der Waals surface area contributed by atoms with Gasteiger partial charge in [-0.3, -0.25) is 14.3 Å². The monoisotopic (exact) mass is 295 g/mol. The summed E-state index contributed by atoms with van der Waals surface area (Å²) in [7, 11) is 1.76. The molecule has 1 unspecified atom stereocenters. The van der Waals surface area contributed by atoms with Crippen LogP contribution in [0.4, 0.5) is 0 Å². The van der Waals surface area contributed by atoms with Gasteiger partial charge in [0.05, 0.1) is 19.4 Å². The molecule has 1 aromatic rings. The van der Waals surface area contributed by atoms with Crippen LogP contribution in [-0.4, -0.2) is 59.3 Å². The summed E-state index contributed by atoms with van der Waals surface area (Å²) in [5.41, 5.74) is 6.48. The molecule has 8 heteroatoms. The number of rotatable bonds is 5. The Bertz CT molecular complexity index is 496. The summed E-state index contributed by atoms with van der Waals surface area (Å²) in [5, 5.41) is 6.65. The Labute approximate surface area is 123 Å². The highest BCUT2D eigenvalue weighted by atomic mass is 16.5. The van der Waals surface area contributed by atoms with Crippen LogP contribution < -0.4 is 11.1 Å². The van der Waals surface area contributed by atoms with Crippen LogP contribution in [-0.2, 0) is 21.4 Å². The molecule has 0 aromatic carbocycles. The van der Waals surface area contributed by atoms with E-state index in [0.29, 0.717) is 31.9 Å². The number of nitrogens with zero attached hydrogens (tertiary/aromatic N) is 3. The third-order valence-electron chi connectivity index (χ3n) is 3.37. The van der Waals surface area contributed by atoms with Crippen molar-refractivity contribution in [1.82, 2.24) is 20.0 Å². The van der Waals surface area contributed by atoms with Gasteiger partial charge in [-0.15, -0.1) is 0 Å². The van der Waals surface area contributed by atoms with Gasteiger partial charge < -0.3 is 20.7 Å². The van der Waals surface area contributed by atoms with E-state index in [1.807, 2.05) is 0 Å². The number of aryl methyl sites for hydroxylation is 1. The van der Waals surface area contributed by atoms with Crippen molar-refractivity contribution in [2.45, 2.75) is 12.5 Å². The fourth-order valence-corrected chi connectivity index (χ4v) is 2.13. The molecule has 116 valence electrons. The summed E-state index contributed by atoms with van der Waals surface area (Å²) in [4.78, 5) is 25.5. The Morgan fingerprint density at radius 1 is 1.48 bits per heavy atom. The molecule has 1 aromatic heterocycles. The molecular formula is C13H21N5O3. The average molecular weight is 295 g/mol. The minimum Gasteiger partial charge on any atom is -0.378 e. The molecule has 1 atom stereocenters. The van der Waals surface area contributed by atoms with Crippen LogP contribution in [0.1, 0.15) is 18.0 Å². The molecule has 0 aliphatic carbocycles. The van der Waals surface area contributed by atoms with Gasteiger partial charge in [-0.05, 0) is 0 Å². The fraction of sp³-hybridized carbons (Fsp3) is 0.615. The van der Waals surface area contributed by atoms with Crippen LogP contribution in [0.5, 0.6) is 0 Å². The maximum Gasteiger partial charge on any atom is 0.241 e. The Balaban J connectivity index is 1.72. The zero-order valence-corrected chi connectivity index (χ0v) is 12.1. The number of nitrogens with two attached hydrogens (primary N) is 1. The van der Waals surface area contributed by atoms with E-state index in [0.717, 1.165) is 0 Å². The van der Waals surface area contributed by atoms with Gasteiger partial charge in [0.15, 0.2) is 0 Å². The molecule has 8 nitrogen and oxygen atoms in total.